The number of ether oxygens (including phenoxy) is 3. The fourth-order valence-electron chi connectivity index (χ4n) is 3.11. The summed E-state index contributed by atoms with van der Waals surface area (Å²) in [4.78, 5) is 25.1. The molecule has 9 nitrogen and oxygen atoms in total. The number of alkyl halides is 3. The van der Waals surface area contributed by atoms with Crippen LogP contribution in [-0.2, 0) is 14.6 Å². The second-order valence-corrected chi connectivity index (χ2v) is 8.57. The van der Waals surface area contributed by atoms with E-state index >= 15 is 0 Å². The van der Waals surface area contributed by atoms with Crippen LogP contribution < -0.4 is 14.9 Å². The first-order chi connectivity index (χ1) is 15.4. The van der Waals surface area contributed by atoms with Crippen LogP contribution in [0.25, 0.3) is 16.6 Å². The van der Waals surface area contributed by atoms with Gasteiger partial charge in [0.2, 0.25) is 11.1 Å². The number of hydrogen-bond donors (Lipinski definition) is 0. The Labute approximate surface area is 185 Å². The van der Waals surface area contributed by atoms with Gasteiger partial charge in [0.05, 0.1) is 30.3 Å². The zero-order chi connectivity index (χ0) is 24.6. The average Bonchev–Trinajstić information content (AvgIpc) is 2.72. The number of fused-ring (bicyclic) bond motifs is 1. The van der Waals surface area contributed by atoms with E-state index in [1.807, 2.05) is 0 Å². The molecule has 13 heteroatoms. The molecule has 0 aliphatic rings. The van der Waals surface area contributed by atoms with Crippen LogP contribution in [-0.4, -0.2) is 50.5 Å². The molecule has 3 aromatic rings. The van der Waals surface area contributed by atoms with E-state index in [2.05, 4.69) is 9.84 Å². The van der Waals surface area contributed by atoms with Gasteiger partial charge in [-0.25, -0.2) is 17.9 Å². The van der Waals surface area contributed by atoms with Crippen LogP contribution in [0, 0.1) is 0 Å². The van der Waals surface area contributed by atoms with Crippen molar-refractivity contribution in [3.63, 3.8) is 0 Å². The van der Waals surface area contributed by atoms with Crippen molar-refractivity contribution in [2.24, 2.45) is 0 Å². The Morgan fingerprint density at radius 2 is 1.76 bits per heavy atom. The second kappa shape index (κ2) is 8.73. The fraction of sp³-hybridized carbons (Fsp3) is 0.250. The topological polar surface area (TPSA) is 114 Å². The third-order valence-corrected chi connectivity index (χ3v) is 5.49. The molecule has 0 saturated heterocycles. The summed E-state index contributed by atoms with van der Waals surface area (Å²) in [5.41, 5.74) is -1.63. The van der Waals surface area contributed by atoms with Crippen LogP contribution in [0.4, 0.5) is 13.2 Å². The van der Waals surface area contributed by atoms with E-state index in [1.54, 1.807) is 0 Å². The maximum absolute atomic E-state index is 13.1. The number of sulfone groups is 1. The van der Waals surface area contributed by atoms with E-state index in [0.29, 0.717) is 0 Å². The lowest BCUT2D eigenvalue weighted by atomic mass is 10.1. The molecule has 0 N–H and O–H groups in total. The first kappa shape index (κ1) is 24.0. The monoisotopic (exact) mass is 486 g/mol. The van der Waals surface area contributed by atoms with Gasteiger partial charge in [-0.1, -0.05) is 0 Å². The Bertz CT molecular complexity index is 1380. The minimum Gasteiger partial charge on any atom is -0.495 e. The smallest absolute Gasteiger partial charge is 0.495 e. The van der Waals surface area contributed by atoms with Gasteiger partial charge in [-0.2, -0.15) is 5.10 Å². The van der Waals surface area contributed by atoms with Crippen LogP contribution in [0.1, 0.15) is 17.4 Å². The number of rotatable bonds is 6. The molecule has 0 aliphatic heterocycles. The second-order valence-electron chi connectivity index (χ2n) is 6.61. The van der Waals surface area contributed by atoms with Crippen molar-refractivity contribution in [2.75, 3.05) is 20.0 Å². The molecule has 0 radical (unpaired) electrons. The lowest BCUT2D eigenvalue weighted by Crippen LogP contribution is -2.25. The molecule has 0 atom stereocenters. The van der Waals surface area contributed by atoms with Crippen molar-refractivity contribution in [1.82, 2.24) is 9.78 Å². The Kier molecular flexibility index (Phi) is 6.36. The molecule has 0 fully saturated rings. The zero-order valence-electron chi connectivity index (χ0n) is 17.5. The van der Waals surface area contributed by atoms with E-state index in [1.165, 1.54) is 38.3 Å². The first-order valence-electron chi connectivity index (χ1n) is 9.24. The largest absolute Gasteiger partial charge is 0.573 e. The van der Waals surface area contributed by atoms with E-state index in [-0.39, 0.29) is 28.9 Å². The van der Waals surface area contributed by atoms with Crippen molar-refractivity contribution in [1.29, 1.82) is 0 Å². The van der Waals surface area contributed by atoms with Crippen molar-refractivity contribution in [2.45, 2.75) is 18.2 Å². The summed E-state index contributed by atoms with van der Waals surface area (Å²) in [5.74, 6) is -1.75. The summed E-state index contributed by atoms with van der Waals surface area (Å²) in [7, 11) is -2.83. The highest BCUT2D eigenvalue weighted by atomic mass is 32.2. The Hall–Kier alpha value is -3.61. The molecule has 2 aromatic carbocycles. The van der Waals surface area contributed by atoms with Crippen molar-refractivity contribution < 1.29 is 40.6 Å². The lowest BCUT2D eigenvalue weighted by Gasteiger charge is -2.16. The number of hydrogen-bond acceptors (Lipinski definition) is 8. The Morgan fingerprint density at radius 1 is 1.12 bits per heavy atom. The zero-order valence-corrected chi connectivity index (χ0v) is 18.3. The number of carbonyl (C=O) groups is 1. The van der Waals surface area contributed by atoms with Gasteiger partial charge in [-0.05, 0) is 43.3 Å². The SMILES string of the molecule is CCOC(=O)c1nn(-c2ccc(OC(F)(F)F)cc2)c2ccc(OC)c(S(C)(=O)=O)c2c1=O. The molecule has 0 spiro atoms. The maximum Gasteiger partial charge on any atom is 0.573 e. The molecule has 176 valence electrons. The number of esters is 1. The highest BCUT2D eigenvalue weighted by Crippen LogP contribution is 2.32. The van der Waals surface area contributed by atoms with E-state index in [0.717, 1.165) is 23.1 Å². The summed E-state index contributed by atoms with van der Waals surface area (Å²) in [5, 5.41) is 3.62. The molecule has 0 unspecified atom stereocenters. The Morgan fingerprint density at radius 3 is 2.27 bits per heavy atom. The predicted molar refractivity (Wildman–Crippen MR) is 110 cm³/mol. The molecule has 1 aromatic heterocycles. The van der Waals surface area contributed by atoms with Gasteiger partial charge in [0.25, 0.3) is 0 Å². The van der Waals surface area contributed by atoms with Crippen molar-refractivity contribution in [3.8, 4) is 17.2 Å². The Balaban J connectivity index is 2.39. The molecule has 0 aliphatic carbocycles. The number of methoxy groups -OCH3 is 1. The summed E-state index contributed by atoms with van der Waals surface area (Å²) in [6.45, 7) is 1.42. The van der Waals surface area contributed by atoms with Crippen LogP contribution in [0.2, 0.25) is 0 Å². The van der Waals surface area contributed by atoms with Gasteiger partial charge < -0.3 is 14.2 Å². The number of nitrogens with zero attached hydrogens (tertiary/aromatic N) is 2. The molecule has 33 heavy (non-hydrogen) atoms. The highest BCUT2D eigenvalue weighted by molar-refractivity contribution is 7.91. The van der Waals surface area contributed by atoms with Gasteiger partial charge in [0, 0.05) is 6.26 Å². The quantitative estimate of drug-likeness (QED) is 0.489. The summed E-state index contributed by atoms with van der Waals surface area (Å²) < 4.78 is 77.3. The van der Waals surface area contributed by atoms with Crippen LogP contribution in [0.3, 0.4) is 0 Å². The minimum absolute atomic E-state index is 0.0289. The molecular weight excluding hydrogens is 469 g/mol. The van der Waals surface area contributed by atoms with E-state index < -0.39 is 43.9 Å². The van der Waals surface area contributed by atoms with Gasteiger partial charge in [0.1, 0.15) is 16.4 Å². The summed E-state index contributed by atoms with van der Waals surface area (Å²) in [6.07, 6.45) is -4.04. The molecule has 3 rings (SSSR count). The average molecular weight is 486 g/mol. The van der Waals surface area contributed by atoms with Gasteiger partial charge in [-0.3, -0.25) is 4.79 Å². The fourth-order valence-corrected chi connectivity index (χ4v) is 4.20. The third-order valence-electron chi connectivity index (χ3n) is 4.34. The van der Waals surface area contributed by atoms with Gasteiger partial charge in [0.15, 0.2) is 9.84 Å². The highest BCUT2D eigenvalue weighted by Gasteiger charge is 2.31. The number of aromatic nitrogens is 2. The minimum atomic E-state index is -4.90. The number of halogens is 3. The summed E-state index contributed by atoms with van der Waals surface area (Å²) in [6, 6.07) is 7.02. The van der Waals surface area contributed by atoms with Gasteiger partial charge in [-0.15, -0.1) is 13.2 Å². The van der Waals surface area contributed by atoms with E-state index in [4.69, 9.17) is 9.47 Å². The van der Waals surface area contributed by atoms with E-state index in [9.17, 15) is 31.2 Å². The molecule has 0 bridgehead atoms. The summed E-state index contributed by atoms with van der Waals surface area (Å²) >= 11 is 0. The normalized spacial score (nSPS) is 11.9. The number of benzene rings is 2. The van der Waals surface area contributed by atoms with Crippen molar-refractivity contribution >= 4 is 26.7 Å². The number of carbonyl (C=O) groups excluding carboxylic acids is 1. The third kappa shape index (κ3) is 4.92. The molecule has 0 amide bonds. The molecule has 0 saturated carbocycles. The maximum atomic E-state index is 13.1. The first-order valence-corrected chi connectivity index (χ1v) is 11.1. The standard InChI is InChI=1S/C20H17F3N2O7S/c1-4-31-19(27)16-17(26)15-13(9-10-14(30-2)18(15)33(3,28)29)25(24-16)11-5-7-12(8-6-11)32-20(21,22)23/h5-10H,4H2,1-3H3. The molecule has 1 heterocycles. The van der Waals surface area contributed by atoms with Crippen LogP contribution in [0.15, 0.2) is 46.1 Å². The molecular formula is C20H17F3N2O7S. The predicted octanol–water partition coefficient (Wildman–Crippen LogP) is 2.87. The van der Waals surface area contributed by atoms with Crippen molar-refractivity contribution in [3.05, 3.63) is 52.3 Å². The van der Waals surface area contributed by atoms with Gasteiger partial charge >= 0.3 is 12.3 Å². The lowest BCUT2D eigenvalue weighted by molar-refractivity contribution is -0.274. The van der Waals surface area contributed by atoms with Crippen LogP contribution >= 0.6 is 0 Å². The van der Waals surface area contributed by atoms with Crippen LogP contribution in [0.5, 0.6) is 11.5 Å².